The molecular weight excluding hydrogens is 203 g/mol. The minimum atomic E-state index is -4.08. The highest BCUT2D eigenvalue weighted by Gasteiger charge is 2.26. The van der Waals surface area contributed by atoms with Crippen LogP contribution < -0.4 is 5.32 Å². The molecule has 15 heavy (non-hydrogen) atoms. The first-order valence-electron chi connectivity index (χ1n) is 4.84. The quantitative estimate of drug-likeness (QED) is 0.816. The normalized spacial score (nSPS) is 13.9. The van der Waals surface area contributed by atoms with E-state index >= 15 is 0 Å². The number of benzene rings is 1. The van der Waals surface area contributed by atoms with Gasteiger partial charge < -0.3 is 5.32 Å². The van der Waals surface area contributed by atoms with Gasteiger partial charge in [0.1, 0.15) is 0 Å². The van der Waals surface area contributed by atoms with E-state index in [-0.39, 0.29) is 12.6 Å². The first-order valence-corrected chi connectivity index (χ1v) is 4.84. The molecule has 84 valence electrons. The lowest BCUT2D eigenvalue weighted by Crippen LogP contribution is -2.24. The zero-order valence-electron chi connectivity index (χ0n) is 8.51. The number of halogens is 3. The van der Waals surface area contributed by atoms with Crippen LogP contribution in [0.5, 0.6) is 0 Å². The van der Waals surface area contributed by atoms with Crippen molar-refractivity contribution in [2.75, 3.05) is 6.54 Å². The molecule has 0 aliphatic rings. The van der Waals surface area contributed by atoms with Crippen molar-refractivity contribution in [3.05, 3.63) is 35.9 Å². The van der Waals surface area contributed by atoms with Crippen LogP contribution in [0.15, 0.2) is 30.3 Å². The van der Waals surface area contributed by atoms with E-state index in [1.807, 2.05) is 37.3 Å². The van der Waals surface area contributed by atoms with Crippen LogP contribution >= 0.6 is 0 Å². The van der Waals surface area contributed by atoms with Crippen LogP contribution in [0.25, 0.3) is 0 Å². The lowest BCUT2D eigenvalue weighted by molar-refractivity contribution is -0.133. The van der Waals surface area contributed by atoms with E-state index in [4.69, 9.17) is 0 Å². The molecule has 4 heteroatoms. The summed E-state index contributed by atoms with van der Waals surface area (Å²) in [4.78, 5) is 0. The standard InChI is InChI=1S/C11H14F3N/c1-9(10-5-3-2-4-6-10)15-8-7-11(12,13)14/h2-6,9,15H,7-8H2,1H3/t9-/m1/s1. The van der Waals surface area contributed by atoms with Crippen LogP contribution in [0.2, 0.25) is 0 Å². The summed E-state index contributed by atoms with van der Waals surface area (Å²) in [5, 5.41) is 2.84. The third-order valence-electron chi connectivity index (χ3n) is 2.16. The Morgan fingerprint density at radius 2 is 1.80 bits per heavy atom. The van der Waals surface area contributed by atoms with Gasteiger partial charge in [0, 0.05) is 12.6 Å². The smallest absolute Gasteiger partial charge is 0.310 e. The fourth-order valence-electron chi connectivity index (χ4n) is 1.29. The molecule has 0 aliphatic carbocycles. The SMILES string of the molecule is C[C@@H](NCCC(F)(F)F)c1ccccc1. The molecule has 0 aromatic heterocycles. The molecule has 0 spiro atoms. The Hall–Kier alpha value is -1.03. The van der Waals surface area contributed by atoms with E-state index in [1.165, 1.54) is 0 Å². The predicted octanol–water partition coefficient (Wildman–Crippen LogP) is 3.29. The van der Waals surface area contributed by atoms with E-state index in [1.54, 1.807) is 0 Å². The average Bonchev–Trinajstić information content (AvgIpc) is 2.17. The topological polar surface area (TPSA) is 12.0 Å². The fraction of sp³-hybridized carbons (Fsp3) is 0.455. The summed E-state index contributed by atoms with van der Waals surface area (Å²) in [6.07, 6.45) is -4.87. The van der Waals surface area contributed by atoms with Crippen molar-refractivity contribution in [1.82, 2.24) is 5.32 Å². The minimum Gasteiger partial charge on any atom is -0.310 e. The van der Waals surface area contributed by atoms with Crippen LogP contribution in [0.3, 0.4) is 0 Å². The maximum Gasteiger partial charge on any atom is 0.390 e. The molecule has 0 heterocycles. The number of nitrogens with one attached hydrogen (secondary N) is 1. The van der Waals surface area contributed by atoms with Gasteiger partial charge in [-0.15, -0.1) is 0 Å². The number of hydrogen-bond donors (Lipinski definition) is 1. The van der Waals surface area contributed by atoms with Crippen LogP contribution in [-0.2, 0) is 0 Å². The lowest BCUT2D eigenvalue weighted by atomic mass is 10.1. The number of alkyl halides is 3. The Morgan fingerprint density at radius 1 is 1.20 bits per heavy atom. The molecule has 1 aromatic rings. The average molecular weight is 217 g/mol. The molecule has 1 aromatic carbocycles. The molecule has 0 bridgehead atoms. The Bertz CT molecular complexity index is 282. The van der Waals surface area contributed by atoms with E-state index in [2.05, 4.69) is 5.32 Å². The summed E-state index contributed by atoms with van der Waals surface area (Å²) in [5.74, 6) is 0. The monoisotopic (exact) mass is 217 g/mol. The second-order valence-electron chi connectivity index (χ2n) is 3.45. The highest BCUT2D eigenvalue weighted by molar-refractivity contribution is 5.17. The molecule has 0 unspecified atom stereocenters. The van der Waals surface area contributed by atoms with Gasteiger partial charge in [-0.3, -0.25) is 0 Å². The maximum absolute atomic E-state index is 11.9. The molecule has 0 amide bonds. The molecule has 0 fully saturated rings. The molecule has 1 nitrogen and oxygen atoms in total. The molecule has 1 N–H and O–H groups in total. The molecule has 1 atom stereocenters. The number of rotatable bonds is 4. The van der Waals surface area contributed by atoms with Crippen LogP contribution in [0.1, 0.15) is 24.9 Å². The van der Waals surface area contributed by atoms with Crippen molar-refractivity contribution in [3.8, 4) is 0 Å². The van der Waals surface area contributed by atoms with Crippen molar-refractivity contribution >= 4 is 0 Å². The molecule has 1 rings (SSSR count). The summed E-state index contributed by atoms with van der Waals surface area (Å²) >= 11 is 0. The Kier molecular flexibility index (Phi) is 4.15. The van der Waals surface area contributed by atoms with Gasteiger partial charge in [-0.1, -0.05) is 30.3 Å². The van der Waals surface area contributed by atoms with Crippen molar-refractivity contribution in [2.45, 2.75) is 25.6 Å². The Labute approximate surface area is 87.3 Å². The van der Waals surface area contributed by atoms with Crippen LogP contribution in [0, 0.1) is 0 Å². The Balaban J connectivity index is 2.34. The number of hydrogen-bond acceptors (Lipinski definition) is 1. The lowest BCUT2D eigenvalue weighted by Gasteiger charge is -2.14. The first-order chi connectivity index (χ1) is 6.99. The van der Waals surface area contributed by atoms with Crippen LogP contribution in [0.4, 0.5) is 13.2 Å². The van der Waals surface area contributed by atoms with Gasteiger partial charge in [-0.05, 0) is 12.5 Å². The summed E-state index contributed by atoms with van der Waals surface area (Å²) in [6.45, 7) is 1.81. The van der Waals surface area contributed by atoms with Crippen molar-refractivity contribution in [3.63, 3.8) is 0 Å². The van der Waals surface area contributed by atoms with Gasteiger partial charge in [-0.25, -0.2) is 0 Å². The van der Waals surface area contributed by atoms with Gasteiger partial charge >= 0.3 is 6.18 Å². The molecule has 0 saturated carbocycles. The zero-order valence-corrected chi connectivity index (χ0v) is 8.51. The van der Waals surface area contributed by atoms with Gasteiger partial charge in [-0.2, -0.15) is 13.2 Å². The highest BCUT2D eigenvalue weighted by Crippen LogP contribution is 2.19. The Morgan fingerprint density at radius 3 is 2.33 bits per heavy atom. The molecule has 0 saturated heterocycles. The van der Waals surface area contributed by atoms with E-state index in [9.17, 15) is 13.2 Å². The second kappa shape index (κ2) is 5.16. The molecule has 0 radical (unpaired) electrons. The second-order valence-corrected chi connectivity index (χ2v) is 3.45. The maximum atomic E-state index is 11.9. The van der Waals surface area contributed by atoms with Gasteiger partial charge in [0.15, 0.2) is 0 Å². The largest absolute Gasteiger partial charge is 0.390 e. The van der Waals surface area contributed by atoms with Gasteiger partial charge in [0.05, 0.1) is 6.42 Å². The summed E-state index contributed by atoms with van der Waals surface area (Å²) in [6, 6.07) is 9.37. The van der Waals surface area contributed by atoms with Crippen molar-refractivity contribution in [1.29, 1.82) is 0 Å². The molecular formula is C11H14F3N. The van der Waals surface area contributed by atoms with Gasteiger partial charge in [0.2, 0.25) is 0 Å². The van der Waals surface area contributed by atoms with Crippen molar-refractivity contribution in [2.24, 2.45) is 0 Å². The third kappa shape index (κ3) is 4.83. The van der Waals surface area contributed by atoms with E-state index in [0.29, 0.717) is 0 Å². The van der Waals surface area contributed by atoms with Gasteiger partial charge in [0.25, 0.3) is 0 Å². The van der Waals surface area contributed by atoms with E-state index in [0.717, 1.165) is 5.56 Å². The first kappa shape index (κ1) is 12.0. The zero-order chi connectivity index (χ0) is 11.3. The van der Waals surface area contributed by atoms with Crippen molar-refractivity contribution < 1.29 is 13.2 Å². The highest BCUT2D eigenvalue weighted by atomic mass is 19.4. The summed E-state index contributed by atoms with van der Waals surface area (Å²) < 4.78 is 35.6. The molecule has 0 aliphatic heterocycles. The summed E-state index contributed by atoms with van der Waals surface area (Å²) in [7, 11) is 0. The van der Waals surface area contributed by atoms with E-state index < -0.39 is 12.6 Å². The summed E-state index contributed by atoms with van der Waals surface area (Å²) in [5.41, 5.74) is 1.000. The fourth-order valence-corrected chi connectivity index (χ4v) is 1.29. The predicted molar refractivity (Wildman–Crippen MR) is 53.5 cm³/mol. The third-order valence-corrected chi connectivity index (χ3v) is 2.16. The van der Waals surface area contributed by atoms with Crippen LogP contribution in [-0.4, -0.2) is 12.7 Å². The minimum absolute atomic E-state index is 0.0421.